The fourth-order valence-electron chi connectivity index (χ4n) is 2.19. The zero-order chi connectivity index (χ0) is 17.2. The van der Waals surface area contributed by atoms with E-state index in [0.29, 0.717) is 5.02 Å². The Bertz CT molecular complexity index is 686. The third kappa shape index (κ3) is 5.70. The second-order valence-electron chi connectivity index (χ2n) is 5.40. The number of carbonyl (C=O) groups is 1. The number of anilines is 1. The highest BCUT2D eigenvalue weighted by atomic mass is 35.5. The van der Waals surface area contributed by atoms with Gasteiger partial charge in [-0.25, -0.2) is 5.43 Å². The van der Waals surface area contributed by atoms with Gasteiger partial charge in [0.1, 0.15) is 0 Å². The minimum absolute atomic E-state index is 0.114. The normalized spacial score (nSPS) is 11.2. The first-order chi connectivity index (χ1) is 11.7. The predicted octanol–water partition coefficient (Wildman–Crippen LogP) is 4.46. The van der Waals surface area contributed by atoms with Crippen molar-refractivity contribution < 1.29 is 4.79 Å². The van der Waals surface area contributed by atoms with Gasteiger partial charge in [0, 0.05) is 0 Å². The molecule has 0 aromatic heterocycles. The summed E-state index contributed by atoms with van der Waals surface area (Å²) in [7, 11) is 0. The van der Waals surface area contributed by atoms with E-state index in [9.17, 15) is 4.79 Å². The number of amides is 1. The van der Waals surface area contributed by atoms with Gasteiger partial charge in [0.15, 0.2) is 0 Å². The molecule has 0 aliphatic heterocycles. The summed E-state index contributed by atoms with van der Waals surface area (Å²) in [6.07, 6.45) is 2.94. The molecule has 0 unspecified atom stereocenters. The molecule has 0 saturated carbocycles. The fourth-order valence-corrected chi connectivity index (χ4v) is 2.39. The molecule has 1 amide bonds. The first-order valence-corrected chi connectivity index (χ1v) is 8.47. The van der Waals surface area contributed by atoms with Crippen molar-refractivity contribution in [2.45, 2.75) is 26.2 Å². The molecule has 0 aliphatic carbocycles. The first kappa shape index (κ1) is 18.0. The standard InChI is InChI=1S/C19H22ClN3O/c1-2-3-12-17(15-9-5-4-6-10-15)22-23-19(24)14-21-18-13-8-7-11-16(18)20/h4-11,13,21H,2-3,12,14H2,1H3,(H,23,24). The molecule has 24 heavy (non-hydrogen) atoms. The van der Waals surface area contributed by atoms with E-state index >= 15 is 0 Å². The van der Waals surface area contributed by atoms with Crippen molar-refractivity contribution >= 4 is 28.9 Å². The minimum Gasteiger partial charge on any atom is -0.375 e. The van der Waals surface area contributed by atoms with Crippen LogP contribution in [-0.4, -0.2) is 18.2 Å². The highest BCUT2D eigenvalue weighted by Gasteiger charge is 2.06. The topological polar surface area (TPSA) is 53.5 Å². The van der Waals surface area contributed by atoms with Gasteiger partial charge in [-0.15, -0.1) is 0 Å². The van der Waals surface area contributed by atoms with E-state index < -0.39 is 0 Å². The zero-order valence-corrected chi connectivity index (χ0v) is 14.5. The van der Waals surface area contributed by atoms with Crippen LogP contribution in [0.25, 0.3) is 0 Å². The highest BCUT2D eigenvalue weighted by Crippen LogP contribution is 2.19. The number of rotatable bonds is 8. The van der Waals surface area contributed by atoms with Gasteiger partial charge in [0.2, 0.25) is 0 Å². The maximum Gasteiger partial charge on any atom is 0.259 e. The molecule has 0 saturated heterocycles. The third-order valence-electron chi connectivity index (χ3n) is 3.50. The van der Waals surface area contributed by atoms with Crippen LogP contribution in [0.1, 0.15) is 31.7 Å². The lowest BCUT2D eigenvalue weighted by Crippen LogP contribution is -2.27. The third-order valence-corrected chi connectivity index (χ3v) is 3.83. The SMILES string of the molecule is CCCCC(=NNC(=O)CNc1ccccc1Cl)c1ccccc1. The van der Waals surface area contributed by atoms with Crippen LogP contribution in [0.5, 0.6) is 0 Å². The zero-order valence-electron chi connectivity index (χ0n) is 13.8. The molecule has 2 N–H and O–H groups in total. The number of unbranched alkanes of at least 4 members (excludes halogenated alkanes) is 1. The minimum atomic E-state index is -0.208. The van der Waals surface area contributed by atoms with Crippen molar-refractivity contribution in [2.24, 2.45) is 5.10 Å². The van der Waals surface area contributed by atoms with Gasteiger partial charge in [-0.3, -0.25) is 4.79 Å². The smallest absolute Gasteiger partial charge is 0.259 e. The van der Waals surface area contributed by atoms with Crippen molar-refractivity contribution in [2.75, 3.05) is 11.9 Å². The monoisotopic (exact) mass is 343 g/mol. The summed E-state index contributed by atoms with van der Waals surface area (Å²) in [6, 6.07) is 17.2. The van der Waals surface area contributed by atoms with E-state index in [1.165, 1.54) is 0 Å². The fraction of sp³-hybridized carbons (Fsp3) is 0.263. The molecule has 0 heterocycles. The molecule has 0 aliphatic rings. The van der Waals surface area contributed by atoms with E-state index in [1.807, 2.05) is 48.5 Å². The van der Waals surface area contributed by atoms with Gasteiger partial charge < -0.3 is 5.32 Å². The number of hydrogen-bond donors (Lipinski definition) is 2. The van der Waals surface area contributed by atoms with Crippen LogP contribution in [0.3, 0.4) is 0 Å². The Hall–Kier alpha value is -2.33. The molecule has 2 rings (SSSR count). The molecule has 4 nitrogen and oxygen atoms in total. The van der Waals surface area contributed by atoms with E-state index in [0.717, 1.165) is 36.2 Å². The van der Waals surface area contributed by atoms with Crippen LogP contribution < -0.4 is 10.7 Å². The highest BCUT2D eigenvalue weighted by molar-refractivity contribution is 6.33. The average Bonchev–Trinajstić information content (AvgIpc) is 2.62. The number of benzene rings is 2. The second kappa shape index (κ2) is 9.73. The number of hydrogen-bond acceptors (Lipinski definition) is 3. The van der Waals surface area contributed by atoms with Gasteiger partial charge in [-0.2, -0.15) is 5.10 Å². The first-order valence-electron chi connectivity index (χ1n) is 8.10. The summed E-state index contributed by atoms with van der Waals surface area (Å²) in [4.78, 5) is 12.0. The molecule has 0 spiro atoms. The van der Waals surface area contributed by atoms with Crippen molar-refractivity contribution in [3.63, 3.8) is 0 Å². The predicted molar refractivity (Wildman–Crippen MR) is 101 cm³/mol. The largest absolute Gasteiger partial charge is 0.375 e. The van der Waals surface area contributed by atoms with E-state index in [1.54, 1.807) is 6.07 Å². The van der Waals surface area contributed by atoms with Crippen molar-refractivity contribution in [3.8, 4) is 0 Å². The van der Waals surface area contributed by atoms with Crippen LogP contribution in [0, 0.1) is 0 Å². The van der Waals surface area contributed by atoms with E-state index in [4.69, 9.17) is 11.6 Å². The van der Waals surface area contributed by atoms with E-state index in [2.05, 4.69) is 22.8 Å². The lowest BCUT2D eigenvalue weighted by Gasteiger charge is -2.09. The lowest BCUT2D eigenvalue weighted by atomic mass is 10.1. The molecule has 0 atom stereocenters. The van der Waals surface area contributed by atoms with Crippen molar-refractivity contribution in [1.29, 1.82) is 0 Å². The van der Waals surface area contributed by atoms with Gasteiger partial charge in [0.25, 0.3) is 5.91 Å². The molecule has 2 aromatic carbocycles. The molecule has 126 valence electrons. The molecule has 5 heteroatoms. The Morgan fingerprint density at radius 1 is 1.08 bits per heavy atom. The maximum atomic E-state index is 12.0. The number of hydrazone groups is 1. The lowest BCUT2D eigenvalue weighted by molar-refractivity contribution is -0.119. The number of nitrogens with zero attached hydrogens (tertiary/aromatic N) is 1. The van der Waals surface area contributed by atoms with Crippen molar-refractivity contribution in [1.82, 2.24) is 5.43 Å². The maximum absolute atomic E-state index is 12.0. The van der Waals surface area contributed by atoms with Gasteiger partial charge in [-0.05, 0) is 30.5 Å². The number of para-hydroxylation sites is 1. The summed E-state index contributed by atoms with van der Waals surface area (Å²) in [6.45, 7) is 2.25. The van der Waals surface area contributed by atoms with Crippen LogP contribution in [-0.2, 0) is 4.79 Å². The molecule has 0 fully saturated rings. The van der Waals surface area contributed by atoms with Crippen LogP contribution in [0.15, 0.2) is 59.7 Å². The molecule has 2 aromatic rings. The summed E-state index contributed by atoms with van der Waals surface area (Å²) in [5, 5.41) is 7.90. The molecular weight excluding hydrogens is 322 g/mol. The van der Waals surface area contributed by atoms with Crippen molar-refractivity contribution in [3.05, 3.63) is 65.2 Å². The Kier molecular flexibility index (Phi) is 7.30. The number of carbonyl (C=O) groups excluding carboxylic acids is 1. The second-order valence-corrected chi connectivity index (χ2v) is 5.80. The van der Waals surface area contributed by atoms with Gasteiger partial charge >= 0.3 is 0 Å². The molecular formula is C19H22ClN3O. The Balaban J connectivity index is 1.95. The Morgan fingerprint density at radius 3 is 2.50 bits per heavy atom. The Labute approximate surface area is 147 Å². The summed E-state index contributed by atoms with van der Waals surface area (Å²) in [5.74, 6) is -0.208. The number of halogens is 1. The van der Waals surface area contributed by atoms with Crippen LogP contribution >= 0.6 is 11.6 Å². The summed E-state index contributed by atoms with van der Waals surface area (Å²) in [5.41, 5.74) is 5.28. The Morgan fingerprint density at radius 2 is 1.79 bits per heavy atom. The molecule has 0 bridgehead atoms. The molecule has 0 radical (unpaired) electrons. The van der Waals surface area contributed by atoms with Gasteiger partial charge in [-0.1, -0.05) is 67.4 Å². The quantitative estimate of drug-likeness (QED) is 0.549. The van der Waals surface area contributed by atoms with E-state index in [-0.39, 0.29) is 12.5 Å². The summed E-state index contributed by atoms with van der Waals surface area (Å²) < 4.78 is 0. The average molecular weight is 344 g/mol. The van der Waals surface area contributed by atoms with Crippen LogP contribution in [0.2, 0.25) is 5.02 Å². The summed E-state index contributed by atoms with van der Waals surface area (Å²) >= 11 is 6.05. The van der Waals surface area contributed by atoms with Gasteiger partial charge in [0.05, 0.1) is 23.0 Å². The number of nitrogens with one attached hydrogen (secondary N) is 2. The van der Waals surface area contributed by atoms with Crippen LogP contribution in [0.4, 0.5) is 5.69 Å².